The molecule has 0 bridgehead atoms. The number of methoxy groups -OCH3 is 1. The minimum atomic E-state index is -0.133. The first-order valence-electron chi connectivity index (χ1n) is 6.89. The largest absolute Gasteiger partial charge is 0.487 e. The highest BCUT2D eigenvalue weighted by Gasteiger charge is 2.43. The standard InChI is InChI=1S/C15H20BrNO2/c1-18-11-3-2-6-15(8-11)9-13(17)12-5-4-10(16)7-14(12)19-15/h4-5,7,11,13H,2-3,6,8-9,17H2,1H3. The van der Waals surface area contributed by atoms with Gasteiger partial charge in [0.05, 0.1) is 6.10 Å². The van der Waals surface area contributed by atoms with Crippen LogP contribution in [-0.2, 0) is 4.74 Å². The molecular weight excluding hydrogens is 306 g/mol. The molecule has 1 aromatic rings. The third kappa shape index (κ3) is 2.54. The zero-order chi connectivity index (χ0) is 13.5. The van der Waals surface area contributed by atoms with Gasteiger partial charge in [-0.1, -0.05) is 22.0 Å². The summed E-state index contributed by atoms with van der Waals surface area (Å²) in [6.07, 6.45) is 5.49. The number of nitrogens with two attached hydrogens (primary N) is 1. The van der Waals surface area contributed by atoms with Gasteiger partial charge in [-0.3, -0.25) is 0 Å². The van der Waals surface area contributed by atoms with Gasteiger partial charge in [-0.05, 0) is 31.4 Å². The van der Waals surface area contributed by atoms with Gasteiger partial charge in [0.1, 0.15) is 11.4 Å². The van der Waals surface area contributed by atoms with E-state index in [1.807, 2.05) is 12.1 Å². The van der Waals surface area contributed by atoms with E-state index in [1.54, 1.807) is 7.11 Å². The smallest absolute Gasteiger partial charge is 0.126 e. The van der Waals surface area contributed by atoms with Crippen molar-refractivity contribution in [3.63, 3.8) is 0 Å². The lowest BCUT2D eigenvalue weighted by Gasteiger charge is -2.45. The summed E-state index contributed by atoms with van der Waals surface area (Å²) in [6.45, 7) is 0. The summed E-state index contributed by atoms with van der Waals surface area (Å²) < 4.78 is 12.9. The zero-order valence-electron chi connectivity index (χ0n) is 11.2. The predicted octanol–water partition coefficient (Wildman–Crippen LogP) is 3.56. The van der Waals surface area contributed by atoms with E-state index >= 15 is 0 Å². The molecule has 1 fully saturated rings. The fourth-order valence-corrected chi connectivity index (χ4v) is 3.78. The Labute approximate surface area is 122 Å². The second-order valence-electron chi connectivity index (χ2n) is 5.73. The molecule has 1 saturated carbocycles. The van der Waals surface area contributed by atoms with Crippen LogP contribution in [0.25, 0.3) is 0 Å². The quantitative estimate of drug-likeness (QED) is 0.858. The fraction of sp³-hybridized carbons (Fsp3) is 0.600. The molecule has 0 amide bonds. The molecule has 3 rings (SSSR count). The lowest BCUT2D eigenvalue weighted by atomic mass is 9.76. The molecule has 1 aromatic carbocycles. The van der Waals surface area contributed by atoms with Crippen LogP contribution in [0.15, 0.2) is 22.7 Å². The highest BCUT2D eigenvalue weighted by Crippen LogP contribution is 2.46. The highest BCUT2D eigenvalue weighted by molar-refractivity contribution is 9.10. The summed E-state index contributed by atoms with van der Waals surface area (Å²) in [4.78, 5) is 0. The Kier molecular flexibility index (Phi) is 3.58. The van der Waals surface area contributed by atoms with E-state index in [-0.39, 0.29) is 11.6 Å². The first kappa shape index (κ1) is 13.4. The number of hydrogen-bond acceptors (Lipinski definition) is 3. The third-order valence-electron chi connectivity index (χ3n) is 4.38. The minimum absolute atomic E-state index is 0.0625. The summed E-state index contributed by atoms with van der Waals surface area (Å²) in [6, 6.07) is 6.19. The maximum absolute atomic E-state index is 6.35. The Morgan fingerprint density at radius 3 is 3.05 bits per heavy atom. The second kappa shape index (κ2) is 5.08. The molecule has 4 heteroatoms. The third-order valence-corrected chi connectivity index (χ3v) is 4.88. The van der Waals surface area contributed by atoms with Crippen molar-refractivity contribution >= 4 is 15.9 Å². The molecule has 0 aromatic heterocycles. The molecule has 1 spiro atoms. The van der Waals surface area contributed by atoms with E-state index in [1.165, 1.54) is 0 Å². The average molecular weight is 326 g/mol. The monoisotopic (exact) mass is 325 g/mol. The van der Waals surface area contributed by atoms with Gasteiger partial charge < -0.3 is 15.2 Å². The lowest BCUT2D eigenvalue weighted by molar-refractivity contribution is -0.0578. The van der Waals surface area contributed by atoms with Crippen LogP contribution in [0, 0.1) is 0 Å². The Morgan fingerprint density at radius 1 is 1.42 bits per heavy atom. The maximum Gasteiger partial charge on any atom is 0.126 e. The first-order valence-corrected chi connectivity index (χ1v) is 7.68. The van der Waals surface area contributed by atoms with Crippen molar-refractivity contribution in [3.05, 3.63) is 28.2 Å². The van der Waals surface area contributed by atoms with Crippen molar-refractivity contribution in [3.8, 4) is 5.75 Å². The number of hydrogen-bond donors (Lipinski definition) is 1. The zero-order valence-corrected chi connectivity index (χ0v) is 12.8. The van der Waals surface area contributed by atoms with Gasteiger partial charge in [-0.15, -0.1) is 0 Å². The second-order valence-corrected chi connectivity index (χ2v) is 6.65. The molecule has 2 N–H and O–H groups in total. The van der Waals surface area contributed by atoms with Gasteiger partial charge in [-0.2, -0.15) is 0 Å². The van der Waals surface area contributed by atoms with Crippen LogP contribution in [0.1, 0.15) is 43.7 Å². The van der Waals surface area contributed by atoms with E-state index in [9.17, 15) is 0 Å². The van der Waals surface area contributed by atoms with Gasteiger partial charge in [-0.25, -0.2) is 0 Å². The SMILES string of the molecule is COC1CCCC2(C1)CC(N)c1ccc(Br)cc1O2. The summed E-state index contributed by atoms with van der Waals surface area (Å²) in [7, 11) is 1.79. The normalized spacial score (nSPS) is 33.8. The molecule has 2 aliphatic rings. The van der Waals surface area contributed by atoms with Crippen LogP contribution in [0.5, 0.6) is 5.75 Å². The molecule has 19 heavy (non-hydrogen) atoms. The van der Waals surface area contributed by atoms with E-state index in [2.05, 4.69) is 22.0 Å². The van der Waals surface area contributed by atoms with E-state index in [0.717, 1.165) is 47.9 Å². The van der Waals surface area contributed by atoms with Crippen LogP contribution < -0.4 is 10.5 Å². The molecule has 1 aliphatic carbocycles. The Balaban J connectivity index is 1.90. The molecule has 0 saturated heterocycles. The number of fused-ring (bicyclic) bond motifs is 1. The Bertz CT molecular complexity index is 479. The van der Waals surface area contributed by atoms with Crippen LogP contribution in [0.3, 0.4) is 0 Å². The van der Waals surface area contributed by atoms with Gasteiger partial charge in [0.2, 0.25) is 0 Å². The van der Waals surface area contributed by atoms with Gasteiger partial charge in [0, 0.05) is 36.0 Å². The number of ether oxygens (including phenoxy) is 2. The van der Waals surface area contributed by atoms with Gasteiger partial charge >= 0.3 is 0 Å². The fourth-order valence-electron chi connectivity index (χ4n) is 3.44. The van der Waals surface area contributed by atoms with Crippen molar-refractivity contribution < 1.29 is 9.47 Å². The Morgan fingerprint density at radius 2 is 2.26 bits per heavy atom. The Hall–Kier alpha value is -0.580. The van der Waals surface area contributed by atoms with Crippen LogP contribution in [0.4, 0.5) is 0 Å². The van der Waals surface area contributed by atoms with Crippen molar-refractivity contribution in [1.82, 2.24) is 0 Å². The maximum atomic E-state index is 6.35. The van der Waals surface area contributed by atoms with Crippen molar-refractivity contribution in [2.75, 3.05) is 7.11 Å². The molecule has 3 nitrogen and oxygen atoms in total. The average Bonchev–Trinajstić information content (AvgIpc) is 2.38. The predicted molar refractivity (Wildman–Crippen MR) is 78.3 cm³/mol. The van der Waals surface area contributed by atoms with E-state index in [4.69, 9.17) is 15.2 Å². The molecule has 1 aliphatic heterocycles. The molecular formula is C15H20BrNO2. The van der Waals surface area contributed by atoms with E-state index < -0.39 is 0 Å². The van der Waals surface area contributed by atoms with Crippen LogP contribution in [0.2, 0.25) is 0 Å². The molecule has 1 heterocycles. The highest BCUT2D eigenvalue weighted by atomic mass is 79.9. The van der Waals surface area contributed by atoms with Crippen molar-refractivity contribution in [2.45, 2.75) is 49.9 Å². The molecule has 3 atom stereocenters. The molecule has 104 valence electrons. The summed E-state index contributed by atoms with van der Waals surface area (Å²) in [5, 5.41) is 0. The van der Waals surface area contributed by atoms with Gasteiger partial charge in [0.25, 0.3) is 0 Å². The minimum Gasteiger partial charge on any atom is -0.487 e. The summed E-state index contributed by atoms with van der Waals surface area (Å²) >= 11 is 3.50. The van der Waals surface area contributed by atoms with Crippen molar-refractivity contribution in [1.29, 1.82) is 0 Å². The first-order chi connectivity index (χ1) is 9.12. The molecule has 0 radical (unpaired) electrons. The van der Waals surface area contributed by atoms with Gasteiger partial charge in [0.15, 0.2) is 0 Å². The summed E-state index contributed by atoms with van der Waals surface area (Å²) in [5.74, 6) is 0.935. The van der Waals surface area contributed by atoms with Crippen LogP contribution >= 0.6 is 15.9 Å². The summed E-state index contributed by atoms with van der Waals surface area (Å²) in [5.41, 5.74) is 7.34. The number of halogens is 1. The topological polar surface area (TPSA) is 44.5 Å². The van der Waals surface area contributed by atoms with Crippen LogP contribution in [-0.4, -0.2) is 18.8 Å². The lowest BCUT2D eigenvalue weighted by Crippen LogP contribution is -2.48. The van der Waals surface area contributed by atoms with Crippen molar-refractivity contribution in [2.24, 2.45) is 5.73 Å². The number of rotatable bonds is 1. The molecule has 3 unspecified atom stereocenters. The van der Waals surface area contributed by atoms with E-state index in [0.29, 0.717) is 6.10 Å². The number of benzene rings is 1.